The van der Waals surface area contributed by atoms with Crippen LogP contribution < -0.4 is 10.1 Å². The third-order valence-electron chi connectivity index (χ3n) is 4.71. The molecule has 0 spiro atoms. The van der Waals surface area contributed by atoms with Gasteiger partial charge in [0.05, 0.1) is 19.8 Å². The Balaban J connectivity index is 1.52. The molecule has 1 amide bonds. The zero-order valence-corrected chi connectivity index (χ0v) is 16.2. The maximum Gasteiger partial charge on any atom is 0.310 e. The first-order valence-electron chi connectivity index (χ1n) is 9.00. The molecule has 0 aliphatic heterocycles. The lowest BCUT2D eigenvalue weighted by atomic mass is 10.0. The first-order chi connectivity index (χ1) is 13.5. The average Bonchev–Trinajstić information content (AvgIpc) is 3.11. The van der Waals surface area contributed by atoms with Gasteiger partial charge in [-0.25, -0.2) is 0 Å². The van der Waals surface area contributed by atoms with Crippen molar-refractivity contribution in [3.63, 3.8) is 0 Å². The van der Waals surface area contributed by atoms with Gasteiger partial charge in [-0.15, -0.1) is 0 Å². The summed E-state index contributed by atoms with van der Waals surface area (Å²) < 4.78 is 15.9. The third kappa shape index (κ3) is 4.34. The van der Waals surface area contributed by atoms with Crippen LogP contribution in [0.15, 0.2) is 47.1 Å². The number of carbonyl (C=O) groups is 2. The fraction of sp³-hybridized carbons (Fsp3) is 0.273. The van der Waals surface area contributed by atoms with Crippen LogP contribution in [0.2, 0.25) is 0 Å². The second-order valence-corrected chi connectivity index (χ2v) is 6.57. The van der Waals surface area contributed by atoms with Crippen LogP contribution in [0.5, 0.6) is 5.75 Å². The molecule has 0 unspecified atom stereocenters. The zero-order chi connectivity index (χ0) is 20.1. The van der Waals surface area contributed by atoms with Gasteiger partial charge in [0.15, 0.2) is 6.61 Å². The first kappa shape index (κ1) is 19.5. The van der Waals surface area contributed by atoms with Crippen LogP contribution in [0, 0.1) is 13.8 Å². The molecule has 0 bridgehead atoms. The lowest BCUT2D eigenvalue weighted by molar-refractivity contribution is -0.147. The molecule has 1 N–H and O–H groups in total. The van der Waals surface area contributed by atoms with Gasteiger partial charge in [0, 0.05) is 23.1 Å². The summed E-state index contributed by atoms with van der Waals surface area (Å²) in [5.74, 6) is -0.159. The topological polar surface area (TPSA) is 77.8 Å². The molecular formula is C22H23NO5. The van der Waals surface area contributed by atoms with Gasteiger partial charge in [0.1, 0.15) is 11.3 Å². The predicted octanol–water partition coefficient (Wildman–Crippen LogP) is 3.46. The second-order valence-electron chi connectivity index (χ2n) is 6.57. The molecule has 3 aromatic rings. The van der Waals surface area contributed by atoms with Crippen molar-refractivity contribution >= 4 is 22.8 Å². The number of aryl methyl sites for hydroxylation is 2. The molecule has 0 radical (unpaired) electrons. The van der Waals surface area contributed by atoms with Crippen molar-refractivity contribution < 1.29 is 23.5 Å². The summed E-state index contributed by atoms with van der Waals surface area (Å²) in [6.07, 6.45) is 1.62. The highest BCUT2D eigenvalue weighted by atomic mass is 16.5. The first-order valence-corrected chi connectivity index (χ1v) is 9.00. The molecular weight excluding hydrogens is 358 g/mol. The summed E-state index contributed by atoms with van der Waals surface area (Å²) in [5.41, 5.74) is 4.55. The summed E-state index contributed by atoms with van der Waals surface area (Å²) in [7, 11) is 1.57. The van der Waals surface area contributed by atoms with Gasteiger partial charge >= 0.3 is 5.97 Å². The Morgan fingerprint density at radius 1 is 1.07 bits per heavy atom. The Morgan fingerprint density at radius 2 is 1.86 bits per heavy atom. The number of rotatable bonds is 7. The van der Waals surface area contributed by atoms with Gasteiger partial charge in [-0.2, -0.15) is 0 Å². The molecule has 6 nitrogen and oxygen atoms in total. The minimum absolute atomic E-state index is 0.0509. The molecule has 0 aliphatic rings. The van der Waals surface area contributed by atoms with Crippen LogP contribution in [0.1, 0.15) is 22.3 Å². The lowest BCUT2D eigenvalue weighted by Crippen LogP contribution is -2.28. The molecule has 0 aliphatic carbocycles. The number of esters is 1. The summed E-state index contributed by atoms with van der Waals surface area (Å²) in [6.45, 7) is 3.96. The fourth-order valence-electron chi connectivity index (χ4n) is 2.97. The number of hydrogen-bond acceptors (Lipinski definition) is 5. The number of amides is 1. The third-order valence-corrected chi connectivity index (χ3v) is 4.71. The van der Waals surface area contributed by atoms with Crippen molar-refractivity contribution in [1.82, 2.24) is 5.32 Å². The quantitative estimate of drug-likeness (QED) is 0.634. The summed E-state index contributed by atoms with van der Waals surface area (Å²) in [4.78, 5) is 24.1. The van der Waals surface area contributed by atoms with Crippen molar-refractivity contribution in [3.8, 4) is 5.75 Å². The van der Waals surface area contributed by atoms with E-state index >= 15 is 0 Å². The molecule has 6 heteroatoms. The summed E-state index contributed by atoms with van der Waals surface area (Å²) >= 11 is 0. The van der Waals surface area contributed by atoms with Crippen molar-refractivity contribution in [3.05, 3.63) is 64.9 Å². The summed E-state index contributed by atoms with van der Waals surface area (Å²) in [5, 5.41) is 3.61. The van der Waals surface area contributed by atoms with E-state index < -0.39 is 5.97 Å². The number of furan rings is 1. The number of para-hydroxylation sites is 1. The smallest absolute Gasteiger partial charge is 0.310 e. The lowest BCUT2D eigenvalue weighted by Gasteiger charge is -2.09. The van der Waals surface area contributed by atoms with Crippen LogP contribution in [-0.2, 0) is 27.3 Å². The second kappa shape index (κ2) is 8.61. The number of fused-ring (bicyclic) bond motifs is 1. The van der Waals surface area contributed by atoms with Crippen LogP contribution >= 0.6 is 0 Å². The number of ether oxygens (including phenoxy) is 2. The molecule has 28 heavy (non-hydrogen) atoms. The van der Waals surface area contributed by atoms with Crippen LogP contribution in [-0.4, -0.2) is 25.6 Å². The van der Waals surface area contributed by atoms with E-state index in [2.05, 4.69) is 5.32 Å². The Hall–Kier alpha value is -3.28. The molecule has 2 aromatic carbocycles. The molecule has 0 fully saturated rings. The number of nitrogens with one attached hydrogen (secondary N) is 1. The normalized spacial score (nSPS) is 10.7. The van der Waals surface area contributed by atoms with Gasteiger partial charge in [-0.05, 0) is 31.0 Å². The number of hydrogen-bond donors (Lipinski definition) is 1. The SMILES string of the molecule is COc1ccccc1CNC(=O)COC(=O)Cc1coc2c(C)c(C)ccc12. The van der Waals surface area contributed by atoms with E-state index in [1.807, 2.05) is 50.2 Å². The summed E-state index contributed by atoms with van der Waals surface area (Å²) in [6, 6.07) is 11.3. The molecule has 0 saturated heterocycles. The van der Waals surface area contributed by atoms with Gasteiger partial charge in [-0.1, -0.05) is 30.3 Å². The van der Waals surface area contributed by atoms with E-state index in [0.717, 1.165) is 33.2 Å². The molecule has 0 saturated carbocycles. The van der Waals surface area contributed by atoms with Crippen LogP contribution in [0.4, 0.5) is 0 Å². The van der Waals surface area contributed by atoms with Crippen molar-refractivity contribution in [1.29, 1.82) is 0 Å². The molecule has 1 heterocycles. The van der Waals surface area contributed by atoms with E-state index in [1.54, 1.807) is 13.4 Å². The van der Waals surface area contributed by atoms with Crippen LogP contribution in [0.25, 0.3) is 11.0 Å². The van der Waals surface area contributed by atoms with E-state index in [0.29, 0.717) is 12.3 Å². The van der Waals surface area contributed by atoms with Crippen molar-refractivity contribution in [2.45, 2.75) is 26.8 Å². The van der Waals surface area contributed by atoms with Gasteiger partial charge in [0.2, 0.25) is 0 Å². The Labute approximate surface area is 163 Å². The van der Waals surface area contributed by atoms with Crippen molar-refractivity contribution in [2.24, 2.45) is 0 Å². The van der Waals surface area contributed by atoms with E-state index in [1.165, 1.54) is 0 Å². The number of carbonyl (C=O) groups excluding carboxylic acids is 2. The molecule has 1 aromatic heterocycles. The fourth-order valence-corrected chi connectivity index (χ4v) is 2.97. The highest BCUT2D eigenvalue weighted by Gasteiger charge is 2.15. The Morgan fingerprint density at radius 3 is 2.64 bits per heavy atom. The maximum absolute atomic E-state index is 12.1. The molecule has 3 rings (SSSR count). The average molecular weight is 381 g/mol. The van der Waals surface area contributed by atoms with Gasteiger partial charge < -0.3 is 19.2 Å². The Bertz CT molecular complexity index is 1010. The molecule has 146 valence electrons. The van der Waals surface area contributed by atoms with Gasteiger partial charge in [-0.3, -0.25) is 9.59 Å². The number of benzene rings is 2. The van der Waals surface area contributed by atoms with E-state index in [4.69, 9.17) is 13.9 Å². The van der Waals surface area contributed by atoms with Gasteiger partial charge in [0.25, 0.3) is 5.91 Å². The van der Waals surface area contributed by atoms with E-state index in [9.17, 15) is 9.59 Å². The predicted molar refractivity (Wildman–Crippen MR) is 105 cm³/mol. The standard InChI is InChI=1S/C22H23NO5/c1-14-8-9-18-17(12-28-22(18)15(14)2)10-21(25)27-13-20(24)23-11-16-6-4-5-7-19(16)26-3/h4-9,12H,10-11,13H2,1-3H3,(H,23,24). The van der Waals surface area contributed by atoms with Crippen LogP contribution in [0.3, 0.4) is 0 Å². The molecule has 0 atom stereocenters. The highest BCUT2D eigenvalue weighted by Crippen LogP contribution is 2.26. The highest BCUT2D eigenvalue weighted by molar-refractivity contribution is 5.89. The number of methoxy groups -OCH3 is 1. The zero-order valence-electron chi connectivity index (χ0n) is 16.2. The largest absolute Gasteiger partial charge is 0.496 e. The van der Waals surface area contributed by atoms with Crippen molar-refractivity contribution in [2.75, 3.05) is 13.7 Å². The Kier molecular flexibility index (Phi) is 5.99. The van der Waals surface area contributed by atoms with E-state index in [-0.39, 0.29) is 18.9 Å². The maximum atomic E-state index is 12.1. The monoisotopic (exact) mass is 381 g/mol. The minimum Gasteiger partial charge on any atom is -0.496 e. The minimum atomic E-state index is -0.478.